The van der Waals surface area contributed by atoms with E-state index in [2.05, 4.69) is 15.4 Å². The molecule has 0 radical (unpaired) electrons. The van der Waals surface area contributed by atoms with Gasteiger partial charge in [-0.2, -0.15) is 5.10 Å². The summed E-state index contributed by atoms with van der Waals surface area (Å²) in [6.07, 6.45) is 0.451. The van der Waals surface area contributed by atoms with Gasteiger partial charge < -0.3 is 10.4 Å². The third-order valence-corrected chi connectivity index (χ3v) is 3.64. The second-order valence-electron chi connectivity index (χ2n) is 4.16. The predicted octanol–water partition coefficient (Wildman–Crippen LogP) is 1.66. The van der Waals surface area contributed by atoms with Crippen LogP contribution in [-0.2, 0) is 20.0 Å². The van der Waals surface area contributed by atoms with E-state index >= 15 is 0 Å². The number of carbonyl (C=O) groups is 1. The molecule has 2 aromatic heterocycles. The van der Waals surface area contributed by atoms with Crippen LogP contribution in [0.4, 0.5) is 11.5 Å². The van der Waals surface area contributed by atoms with Crippen molar-refractivity contribution in [3.8, 4) is 0 Å². The fourth-order valence-corrected chi connectivity index (χ4v) is 2.55. The summed E-state index contributed by atoms with van der Waals surface area (Å²) in [7, 11) is 1.61. The number of nitro groups is 1. The lowest BCUT2D eigenvalue weighted by atomic mass is 10.3. The second kappa shape index (κ2) is 5.87. The molecular formula is C11H13N5O4S. The van der Waals surface area contributed by atoms with Crippen molar-refractivity contribution in [2.24, 2.45) is 7.05 Å². The number of carboxylic acid groups (broad SMARTS) is 1. The van der Waals surface area contributed by atoms with E-state index in [1.807, 2.05) is 0 Å². The van der Waals surface area contributed by atoms with E-state index in [0.717, 1.165) is 0 Å². The SMILES string of the molecule is CCc1nn(C)c(NCc2nc(C(=O)O)cs2)c1[N+](=O)[O-]. The van der Waals surface area contributed by atoms with Crippen LogP contribution in [0.15, 0.2) is 5.38 Å². The first kappa shape index (κ1) is 14.9. The van der Waals surface area contributed by atoms with E-state index in [0.29, 0.717) is 17.1 Å². The topological polar surface area (TPSA) is 123 Å². The summed E-state index contributed by atoms with van der Waals surface area (Å²) in [5.74, 6) is -0.818. The molecule has 2 heterocycles. The van der Waals surface area contributed by atoms with Crippen molar-refractivity contribution in [3.05, 3.63) is 31.9 Å². The van der Waals surface area contributed by atoms with Gasteiger partial charge in [0.15, 0.2) is 5.69 Å². The minimum absolute atomic E-state index is 0.0365. The van der Waals surface area contributed by atoms with Crippen molar-refractivity contribution in [1.29, 1.82) is 0 Å². The van der Waals surface area contributed by atoms with Crippen LogP contribution < -0.4 is 5.32 Å². The molecule has 0 aliphatic rings. The Hall–Kier alpha value is -2.49. The van der Waals surface area contributed by atoms with E-state index in [-0.39, 0.29) is 23.7 Å². The monoisotopic (exact) mass is 311 g/mol. The van der Waals surface area contributed by atoms with Crippen LogP contribution in [0.25, 0.3) is 0 Å². The molecule has 0 atom stereocenters. The van der Waals surface area contributed by atoms with Crippen molar-refractivity contribution in [2.75, 3.05) is 5.32 Å². The van der Waals surface area contributed by atoms with Gasteiger partial charge >= 0.3 is 11.7 Å². The normalized spacial score (nSPS) is 10.6. The van der Waals surface area contributed by atoms with Gasteiger partial charge in [-0.05, 0) is 6.42 Å². The van der Waals surface area contributed by atoms with Gasteiger partial charge in [0.1, 0.15) is 10.7 Å². The molecule has 0 aliphatic heterocycles. The van der Waals surface area contributed by atoms with Crippen LogP contribution in [0.3, 0.4) is 0 Å². The highest BCUT2D eigenvalue weighted by molar-refractivity contribution is 7.09. The fraction of sp³-hybridized carbons (Fsp3) is 0.364. The minimum Gasteiger partial charge on any atom is -0.476 e. The molecule has 112 valence electrons. The molecule has 0 bridgehead atoms. The Morgan fingerprint density at radius 2 is 2.33 bits per heavy atom. The molecule has 21 heavy (non-hydrogen) atoms. The first-order chi connectivity index (χ1) is 9.93. The summed E-state index contributed by atoms with van der Waals surface area (Å²) in [6.45, 7) is 1.99. The third-order valence-electron chi connectivity index (χ3n) is 2.79. The van der Waals surface area contributed by atoms with E-state index in [1.165, 1.54) is 21.4 Å². The number of carboxylic acids is 1. The third kappa shape index (κ3) is 2.99. The largest absolute Gasteiger partial charge is 0.476 e. The van der Waals surface area contributed by atoms with E-state index < -0.39 is 10.9 Å². The maximum Gasteiger partial charge on any atom is 0.355 e. The zero-order valence-electron chi connectivity index (χ0n) is 11.4. The average Bonchev–Trinajstić information content (AvgIpc) is 3.00. The van der Waals surface area contributed by atoms with Crippen LogP contribution in [-0.4, -0.2) is 30.8 Å². The quantitative estimate of drug-likeness (QED) is 0.614. The Morgan fingerprint density at radius 3 is 2.86 bits per heavy atom. The molecule has 10 heteroatoms. The van der Waals surface area contributed by atoms with Gasteiger partial charge in [0.2, 0.25) is 5.82 Å². The minimum atomic E-state index is -1.10. The van der Waals surface area contributed by atoms with Gasteiger partial charge in [-0.25, -0.2) is 14.5 Å². The number of thiazole rings is 1. The highest BCUT2D eigenvalue weighted by Crippen LogP contribution is 2.28. The number of nitrogens with one attached hydrogen (secondary N) is 1. The predicted molar refractivity (Wildman–Crippen MR) is 75.6 cm³/mol. The van der Waals surface area contributed by atoms with E-state index in [1.54, 1.807) is 14.0 Å². The van der Waals surface area contributed by atoms with Gasteiger partial charge in [-0.3, -0.25) is 10.1 Å². The molecule has 9 nitrogen and oxygen atoms in total. The summed E-state index contributed by atoms with van der Waals surface area (Å²) < 4.78 is 1.41. The highest BCUT2D eigenvalue weighted by atomic mass is 32.1. The Balaban J connectivity index is 2.21. The number of nitrogens with zero attached hydrogens (tertiary/aromatic N) is 4. The Bertz CT molecular complexity index is 693. The van der Waals surface area contributed by atoms with Crippen molar-refractivity contribution in [2.45, 2.75) is 19.9 Å². The smallest absolute Gasteiger partial charge is 0.355 e. The molecule has 2 rings (SSSR count). The standard InChI is InChI=1S/C11H13N5O4S/c1-3-6-9(16(19)20)10(15(2)14-6)12-4-8-13-7(5-21-8)11(17)18/h5,12H,3-4H2,1-2H3,(H,17,18). The van der Waals surface area contributed by atoms with Gasteiger partial charge in [0.05, 0.1) is 11.5 Å². The molecule has 0 aliphatic carbocycles. The lowest BCUT2D eigenvalue weighted by Crippen LogP contribution is -2.07. The number of anilines is 1. The molecule has 0 aromatic carbocycles. The van der Waals surface area contributed by atoms with Crippen molar-refractivity contribution in [3.63, 3.8) is 0 Å². The first-order valence-electron chi connectivity index (χ1n) is 6.05. The summed E-state index contributed by atoms with van der Waals surface area (Å²) in [5, 5.41) is 28.9. The summed E-state index contributed by atoms with van der Waals surface area (Å²) >= 11 is 1.18. The highest BCUT2D eigenvalue weighted by Gasteiger charge is 2.25. The van der Waals surface area contributed by atoms with Crippen molar-refractivity contribution >= 4 is 28.8 Å². The molecule has 0 fully saturated rings. The fourth-order valence-electron chi connectivity index (χ4n) is 1.85. The van der Waals surface area contributed by atoms with Crippen LogP contribution in [0.2, 0.25) is 0 Å². The lowest BCUT2D eigenvalue weighted by Gasteiger charge is -2.03. The van der Waals surface area contributed by atoms with E-state index in [9.17, 15) is 14.9 Å². The van der Waals surface area contributed by atoms with Crippen LogP contribution in [0.1, 0.15) is 28.1 Å². The van der Waals surface area contributed by atoms with Gasteiger partial charge in [-0.15, -0.1) is 11.3 Å². The van der Waals surface area contributed by atoms with E-state index in [4.69, 9.17) is 5.11 Å². The van der Waals surface area contributed by atoms with Crippen molar-refractivity contribution in [1.82, 2.24) is 14.8 Å². The Labute approximate surface area is 123 Å². The van der Waals surface area contributed by atoms with Gasteiger partial charge in [-0.1, -0.05) is 6.92 Å². The molecule has 0 unspecified atom stereocenters. The maximum atomic E-state index is 11.1. The zero-order valence-corrected chi connectivity index (χ0v) is 12.2. The number of hydrogen-bond acceptors (Lipinski definition) is 7. The number of aromatic nitrogens is 3. The van der Waals surface area contributed by atoms with Crippen LogP contribution in [0, 0.1) is 10.1 Å². The molecule has 0 spiro atoms. The molecule has 0 amide bonds. The summed E-state index contributed by atoms with van der Waals surface area (Å²) in [5.41, 5.74) is 0.302. The second-order valence-corrected chi connectivity index (χ2v) is 5.11. The van der Waals surface area contributed by atoms with Crippen LogP contribution >= 0.6 is 11.3 Å². The molecule has 2 aromatic rings. The molecule has 0 saturated heterocycles. The number of aromatic carboxylic acids is 1. The Morgan fingerprint density at radius 1 is 1.62 bits per heavy atom. The maximum absolute atomic E-state index is 11.1. The zero-order chi connectivity index (χ0) is 15.6. The molecule has 2 N–H and O–H groups in total. The summed E-state index contributed by atoms with van der Waals surface area (Å²) in [4.78, 5) is 25.3. The first-order valence-corrected chi connectivity index (χ1v) is 6.93. The van der Waals surface area contributed by atoms with Crippen molar-refractivity contribution < 1.29 is 14.8 Å². The molecule has 0 saturated carbocycles. The van der Waals surface area contributed by atoms with Gasteiger partial charge in [0, 0.05) is 12.4 Å². The number of hydrogen-bond donors (Lipinski definition) is 2. The summed E-state index contributed by atoms with van der Waals surface area (Å²) in [6, 6.07) is 0. The molecular weight excluding hydrogens is 298 g/mol. The number of rotatable bonds is 6. The lowest BCUT2D eigenvalue weighted by molar-refractivity contribution is -0.384. The Kier molecular flexibility index (Phi) is 4.17. The number of aryl methyl sites for hydroxylation is 2. The van der Waals surface area contributed by atoms with Crippen LogP contribution in [0.5, 0.6) is 0 Å². The average molecular weight is 311 g/mol. The van der Waals surface area contributed by atoms with Gasteiger partial charge in [0.25, 0.3) is 0 Å².